The molecule has 2 heterocycles. The highest BCUT2D eigenvalue weighted by molar-refractivity contribution is 7.92. The van der Waals surface area contributed by atoms with Crippen LogP contribution in [-0.2, 0) is 10.0 Å². The van der Waals surface area contributed by atoms with E-state index in [-0.39, 0.29) is 17.7 Å². The van der Waals surface area contributed by atoms with Crippen LogP contribution in [0, 0.1) is 23.2 Å². The molecule has 0 spiro atoms. The van der Waals surface area contributed by atoms with Crippen LogP contribution in [0.3, 0.4) is 0 Å². The number of hydrogen-bond donors (Lipinski definition) is 1. The van der Waals surface area contributed by atoms with Crippen molar-refractivity contribution in [2.24, 2.45) is 0 Å². The second kappa shape index (κ2) is 5.64. The molecule has 1 N–H and O–H groups in total. The number of fused-ring (bicyclic) bond motifs is 2. The molecule has 0 bridgehead atoms. The van der Waals surface area contributed by atoms with Gasteiger partial charge < -0.3 is 4.42 Å². The van der Waals surface area contributed by atoms with Gasteiger partial charge in [0.25, 0.3) is 0 Å². The van der Waals surface area contributed by atoms with Crippen LogP contribution in [0.15, 0.2) is 33.5 Å². The van der Waals surface area contributed by atoms with Crippen molar-refractivity contribution in [1.82, 2.24) is 0 Å². The van der Waals surface area contributed by atoms with Crippen molar-refractivity contribution in [2.45, 2.75) is 6.42 Å². The molecule has 114 valence electrons. The Hall–Kier alpha value is -3.03. The van der Waals surface area contributed by atoms with Gasteiger partial charge in [0.1, 0.15) is 5.58 Å². The van der Waals surface area contributed by atoms with Crippen LogP contribution >= 0.6 is 0 Å². The lowest BCUT2D eigenvalue weighted by Crippen LogP contribution is -2.18. The molecule has 0 saturated carbocycles. The van der Waals surface area contributed by atoms with E-state index in [0.717, 1.165) is 0 Å². The van der Waals surface area contributed by atoms with E-state index in [9.17, 15) is 13.2 Å². The molecule has 3 rings (SSSR count). The van der Waals surface area contributed by atoms with Crippen molar-refractivity contribution < 1.29 is 12.8 Å². The monoisotopic (exact) mass is 326 g/mol. The number of allylic oxidation sites excluding steroid dienone is 1. The van der Waals surface area contributed by atoms with Crippen LogP contribution in [0.5, 0.6) is 0 Å². The van der Waals surface area contributed by atoms with E-state index in [1.165, 1.54) is 24.3 Å². The summed E-state index contributed by atoms with van der Waals surface area (Å²) in [6.45, 7) is 0. The zero-order valence-corrected chi connectivity index (χ0v) is 12.6. The average molecular weight is 326 g/mol. The van der Waals surface area contributed by atoms with Gasteiger partial charge in [0.15, 0.2) is 0 Å². The van der Waals surface area contributed by atoms with Gasteiger partial charge in [-0.05, 0) is 24.3 Å². The molecule has 0 radical (unpaired) electrons. The Bertz CT molecular complexity index is 1090. The minimum atomic E-state index is -3.46. The largest absolute Gasteiger partial charge is 0.422 e. The standard InChI is InChI=1S/C16H10N2O4S/c17-6-3-5-12-8-13-9-14-11(10-15(13)22-16(12)19)4-1-2-7-23(20,21)18-14/h3,5,8-10,18H,2,7H2. The Labute approximate surface area is 132 Å². The summed E-state index contributed by atoms with van der Waals surface area (Å²) < 4.78 is 31.5. The first-order valence-electron chi connectivity index (χ1n) is 6.66. The molecule has 6 nitrogen and oxygen atoms in total. The first kappa shape index (κ1) is 14.9. The lowest BCUT2D eigenvalue weighted by atomic mass is 10.1. The molecule has 2 aromatic rings. The van der Waals surface area contributed by atoms with E-state index in [4.69, 9.17) is 9.68 Å². The van der Waals surface area contributed by atoms with E-state index in [2.05, 4.69) is 16.6 Å². The fourth-order valence-electron chi connectivity index (χ4n) is 2.18. The third kappa shape index (κ3) is 3.10. The first-order valence-corrected chi connectivity index (χ1v) is 8.31. The number of rotatable bonds is 1. The number of nitrogens with one attached hydrogen (secondary N) is 1. The number of nitrogens with zero attached hydrogens (tertiary/aromatic N) is 1. The summed E-state index contributed by atoms with van der Waals surface area (Å²) in [6, 6.07) is 6.43. The summed E-state index contributed by atoms with van der Waals surface area (Å²) in [7, 11) is -3.46. The Morgan fingerprint density at radius 2 is 2.17 bits per heavy atom. The average Bonchev–Trinajstić information content (AvgIpc) is 2.48. The second-order valence-electron chi connectivity index (χ2n) is 4.86. The van der Waals surface area contributed by atoms with E-state index in [0.29, 0.717) is 22.2 Å². The van der Waals surface area contributed by atoms with Gasteiger partial charge >= 0.3 is 5.63 Å². The van der Waals surface area contributed by atoms with Crippen molar-refractivity contribution in [3.8, 4) is 17.9 Å². The molecular weight excluding hydrogens is 316 g/mol. The summed E-state index contributed by atoms with van der Waals surface area (Å²) in [5.41, 5.74) is 0.719. The van der Waals surface area contributed by atoms with E-state index in [1.54, 1.807) is 12.1 Å². The van der Waals surface area contributed by atoms with Gasteiger partial charge in [0.2, 0.25) is 10.0 Å². The maximum atomic E-state index is 11.9. The van der Waals surface area contributed by atoms with Crippen LogP contribution in [0.4, 0.5) is 5.69 Å². The third-order valence-electron chi connectivity index (χ3n) is 3.22. The van der Waals surface area contributed by atoms with Crippen molar-refractivity contribution in [2.75, 3.05) is 10.5 Å². The topological polar surface area (TPSA) is 100 Å². The minimum Gasteiger partial charge on any atom is -0.422 e. The molecule has 0 atom stereocenters. The van der Waals surface area contributed by atoms with Gasteiger partial charge in [-0.15, -0.1) is 0 Å². The predicted molar refractivity (Wildman–Crippen MR) is 86.0 cm³/mol. The van der Waals surface area contributed by atoms with Gasteiger partial charge in [-0.3, -0.25) is 4.72 Å². The highest BCUT2D eigenvalue weighted by Gasteiger charge is 2.15. The summed E-state index contributed by atoms with van der Waals surface area (Å²) in [4.78, 5) is 11.9. The normalized spacial score (nSPS) is 15.6. The number of nitriles is 1. The molecule has 0 unspecified atom stereocenters. The van der Waals surface area contributed by atoms with Crippen molar-refractivity contribution in [3.63, 3.8) is 0 Å². The Morgan fingerprint density at radius 1 is 1.35 bits per heavy atom. The molecule has 7 heteroatoms. The highest BCUT2D eigenvalue weighted by Crippen LogP contribution is 2.25. The van der Waals surface area contributed by atoms with E-state index < -0.39 is 15.6 Å². The van der Waals surface area contributed by atoms with Crippen LogP contribution < -0.4 is 10.3 Å². The maximum Gasteiger partial charge on any atom is 0.343 e. The number of hydrogen-bond acceptors (Lipinski definition) is 5. The van der Waals surface area contributed by atoms with Crippen molar-refractivity contribution >= 4 is 32.8 Å². The Balaban J connectivity index is 2.25. The molecule has 1 aromatic carbocycles. The summed E-state index contributed by atoms with van der Waals surface area (Å²) in [6.07, 6.45) is 2.74. The van der Waals surface area contributed by atoms with Gasteiger partial charge in [-0.1, -0.05) is 11.8 Å². The van der Waals surface area contributed by atoms with Crippen LogP contribution in [-0.4, -0.2) is 14.2 Å². The number of benzene rings is 1. The van der Waals surface area contributed by atoms with Gasteiger partial charge in [0, 0.05) is 17.9 Å². The van der Waals surface area contributed by atoms with Crippen molar-refractivity contribution in [3.05, 3.63) is 45.8 Å². The summed E-state index contributed by atoms with van der Waals surface area (Å²) in [5.74, 6) is 5.58. The molecule has 0 fully saturated rings. The Kier molecular flexibility index (Phi) is 3.65. The smallest absolute Gasteiger partial charge is 0.343 e. The predicted octanol–water partition coefficient (Wildman–Crippen LogP) is 1.83. The van der Waals surface area contributed by atoms with E-state index in [1.807, 2.05) is 0 Å². The third-order valence-corrected chi connectivity index (χ3v) is 4.49. The quantitative estimate of drug-likeness (QED) is 0.489. The molecule has 0 amide bonds. The first-order chi connectivity index (χ1) is 11.0. The van der Waals surface area contributed by atoms with Crippen molar-refractivity contribution in [1.29, 1.82) is 5.26 Å². The van der Waals surface area contributed by atoms with Gasteiger partial charge in [-0.2, -0.15) is 5.26 Å². The van der Waals surface area contributed by atoms with Gasteiger partial charge in [-0.25, -0.2) is 13.2 Å². The molecule has 23 heavy (non-hydrogen) atoms. The highest BCUT2D eigenvalue weighted by atomic mass is 32.2. The maximum absolute atomic E-state index is 11.9. The van der Waals surface area contributed by atoms with E-state index >= 15 is 0 Å². The molecule has 1 aliphatic heterocycles. The number of sulfonamides is 1. The molecule has 0 aliphatic carbocycles. The SMILES string of the molecule is N#CC=Cc1cc2cc3c(cc2oc1=O)C#CCCS(=O)(=O)N3. The zero-order valence-electron chi connectivity index (χ0n) is 11.8. The number of anilines is 1. The van der Waals surface area contributed by atoms with Gasteiger partial charge in [0.05, 0.1) is 28.6 Å². The zero-order chi connectivity index (χ0) is 16.4. The van der Waals surface area contributed by atoms with Crippen LogP contribution in [0.25, 0.3) is 17.0 Å². The Morgan fingerprint density at radius 3 is 2.96 bits per heavy atom. The fourth-order valence-corrected chi connectivity index (χ4v) is 3.15. The molecule has 0 saturated heterocycles. The second-order valence-corrected chi connectivity index (χ2v) is 6.70. The minimum absolute atomic E-state index is 0.0719. The molecule has 1 aromatic heterocycles. The molecular formula is C16H10N2O4S. The summed E-state index contributed by atoms with van der Waals surface area (Å²) >= 11 is 0. The van der Waals surface area contributed by atoms with Crippen LogP contribution in [0.2, 0.25) is 0 Å². The molecule has 1 aliphatic rings. The fraction of sp³-hybridized carbons (Fsp3) is 0.125. The lowest BCUT2D eigenvalue weighted by Gasteiger charge is -2.12. The van der Waals surface area contributed by atoms with Crippen LogP contribution in [0.1, 0.15) is 17.5 Å². The summed E-state index contributed by atoms with van der Waals surface area (Å²) in [5, 5.41) is 9.08. The lowest BCUT2D eigenvalue weighted by molar-refractivity contribution is 0.559.